The summed E-state index contributed by atoms with van der Waals surface area (Å²) in [5.74, 6) is 0. The van der Waals surface area contributed by atoms with Crippen LogP contribution in [0.3, 0.4) is 0 Å². The van der Waals surface area contributed by atoms with E-state index in [0.717, 1.165) is 18.7 Å². The van der Waals surface area contributed by atoms with Gasteiger partial charge >= 0.3 is 0 Å². The summed E-state index contributed by atoms with van der Waals surface area (Å²) in [7, 11) is -1.82. The van der Waals surface area contributed by atoms with Crippen molar-refractivity contribution in [3.05, 3.63) is 18.0 Å². The second-order valence-electron chi connectivity index (χ2n) is 4.28. The van der Waals surface area contributed by atoms with Gasteiger partial charge in [-0.1, -0.05) is 6.92 Å². The minimum atomic E-state index is -3.42. The molecule has 0 spiro atoms. The summed E-state index contributed by atoms with van der Waals surface area (Å²) in [6, 6.07) is 1.65. The van der Waals surface area contributed by atoms with E-state index >= 15 is 0 Å². The molecule has 0 aromatic carbocycles. The zero-order valence-electron chi connectivity index (χ0n) is 11.5. The van der Waals surface area contributed by atoms with Gasteiger partial charge in [-0.2, -0.15) is 0 Å². The molecule has 1 heterocycles. The quantitative estimate of drug-likeness (QED) is 0.557. The molecule has 6 nitrogen and oxygen atoms in total. The standard InChI is InChI=1S/C12H23N3O3S/c1-3-5-13-9-11-8-12(10-14-11)19(16,17)15-6-4-7-18-2/h8,10,13-15H,3-7,9H2,1-2H3. The minimum Gasteiger partial charge on any atom is -0.385 e. The van der Waals surface area contributed by atoms with Gasteiger partial charge in [0.05, 0.1) is 4.90 Å². The maximum absolute atomic E-state index is 11.9. The highest BCUT2D eigenvalue weighted by Crippen LogP contribution is 2.10. The van der Waals surface area contributed by atoms with Gasteiger partial charge in [0, 0.05) is 38.7 Å². The van der Waals surface area contributed by atoms with Crippen LogP contribution in [0, 0.1) is 0 Å². The van der Waals surface area contributed by atoms with Crippen LogP contribution in [0.25, 0.3) is 0 Å². The molecule has 19 heavy (non-hydrogen) atoms. The topological polar surface area (TPSA) is 83.2 Å². The lowest BCUT2D eigenvalue weighted by atomic mass is 10.4. The molecule has 0 aliphatic carbocycles. The molecule has 0 unspecified atom stereocenters. The maximum Gasteiger partial charge on any atom is 0.242 e. The number of H-pyrrole nitrogens is 1. The number of nitrogens with one attached hydrogen (secondary N) is 3. The number of hydrogen-bond donors (Lipinski definition) is 3. The molecule has 1 aromatic rings. The molecule has 110 valence electrons. The van der Waals surface area contributed by atoms with Crippen molar-refractivity contribution in [3.8, 4) is 0 Å². The number of rotatable bonds is 10. The average Bonchev–Trinajstić information content (AvgIpc) is 2.85. The number of ether oxygens (including phenoxy) is 1. The molecule has 7 heteroatoms. The van der Waals surface area contributed by atoms with E-state index in [2.05, 4.69) is 21.9 Å². The van der Waals surface area contributed by atoms with Crippen LogP contribution in [0.15, 0.2) is 17.2 Å². The molecule has 3 N–H and O–H groups in total. The van der Waals surface area contributed by atoms with Gasteiger partial charge < -0.3 is 15.0 Å². The van der Waals surface area contributed by atoms with Gasteiger partial charge in [-0.25, -0.2) is 13.1 Å². The Morgan fingerprint density at radius 2 is 2.16 bits per heavy atom. The lowest BCUT2D eigenvalue weighted by Crippen LogP contribution is -2.25. The molecule has 0 radical (unpaired) electrons. The van der Waals surface area contributed by atoms with Gasteiger partial charge in [0.1, 0.15) is 0 Å². The van der Waals surface area contributed by atoms with Crippen LogP contribution in [0.1, 0.15) is 25.5 Å². The first-order chi connectivity index (χ1) is 9.10. The summed E-state index contributed by atoms with van der Waals surface area (Å²) >= 11 is 0. The number of sulfonamides is 1. The summed E-state index contributed by atoms with van der Waals surface area (Å²) in [4.78, 5) is 3.24. The largest absolute Gasteiger partial charge is 0.385 e. The Morgan fingerprint density at radius 3 is 2.84 bits per heavy atom. The highest BCUT2D eigenvalue weighted by Gasteiger charge is 2.15. The fraction of sp³-hybridized carbons (Fsp3) is 0.667. The van der Waals surface area contributed by atoms with Crippen molar-refractivity contribution in [3.63, 3.8) is 0 Å². The van der Waals surface area contributed by atoms with Crippen LogP contribution in [0.5, 0.6) is 0 Å². The van der Waals surface area contributed by atoms with E-state index in [9.17, 15) is 8.42 Å². The van der Waals surface area contributed by atoms with E-state index < -0.39 is 10.0 Å². The third-order valence-corrected chi connectivity index (χ3v) is 4.03. The highest BCUT2D eigenvalue weighted by atomic mass is 32.2. The molecular formula is C12H23N3O3S. The molecule has 0 fully saturated rings. The molecule has 1 aromatic heterocycles. The zero-order valence-corrected chi connectivity index (χ0v) is 12.3. The Bertz CT molecular complexity index is 457. The monoisotopic (exact) mass is 289 g/mol. The molecular weight excluding hydrogens is 266 g/mol. The Balaban J connectivity index is 2.49. The van der Waals surface area contributed by atoms with Crippen LogP contribution in [-0.4, -0.2) is 40.2 Å². The van der Waals surface area contributed by atoms with E-state index in [-0.39, 0.29) is 4.90 Å². The van der Waals surface area contributed by atoms with E-state index in [1.54, 1.807) is 13.2 Å². The van der Waals surface area contributed by atoms with E-state index in [1.807, 2.05) is 0 Å². The fourth-order valence-electron chi connectivity index (χ4n) is 1.58. The van der Waals surface area contributed by atoms with Crippen molar-refractivity contribution < 1.29 is 13.2 Å². The van der Waals surface area contributed by atoms with Crippen LogP contribution in [0.4, 0.5) is 0 Å². The molecule has 0 amide bonds. The van der Waals surface area contributed by atoms with Gasteiger partial charge in [0.15, 0.2) is 0 Å². The summed E-state index contributed by atoms with van der Waals surface area (Å²) < 4.78 is 31.3. The van der Waals surface area contributed by atoms with Crippen LogP contribution < -0.4 is 10.0 Å². The van der Waals surface area contributed by atoms with Crippen molar-refractivity contribution >= 4 is 10.0 Å². The average molecular weight is 289 g/mol. The van der Waals surface area contributed by atoms with Crippen LogP contribution in [0.2, 0.25) is 0 Å². The minimum absolute atomic E-state index is 0.276. The second-order valence-corrected chi connectivity index (χ2v) is 6.05. The summed E-state index contributed by atoms with van der Waals surface area (Å²) in [6.45, 7) is 4.57. The molecule has 0 atom stereocenters. The van der Waals surface area contributed by atoms with Gasteiger partial charge in [-0.3, -0.25) is 0 Å². The van der Waals surface area contributed by atoms with Crippen molar-refractivity contribution in [2.45, 2.75) is 31.2 Å². The first kappa shape index (κ1) is 16.2. The Kier molecular flexibility index (Phi) is 7.07. The smallest absolute Gasteiger partial charge is 0.242 e. The third-order valence-electron chi connectivity index (χ3n) is 2.59. The maximum atomic E-state index is 11.9. The third kappa shape index (κ3) is 5.73. The Labute approximate surface area is 115 Å². The first-order valence-electron chi connectivity index (χ1n) is 6.46. The molecule has 0 bridgehead atoms. The van der Waals surface area contributed by atoms with Crippen molar-refractivity contribution in [1.82, 2.24) is 15.0 Å². The molecule has 0 saturated heterocycles. The SMILES string of the molecule is CCCNCc1cc(S(=O)(=O)NCCCOC)c[nH]1. The second kappa shape index (κ2) is 8.31. The number of methoxy groups -OCH3 is 1. The Morgan fingerprint density at radius 1 is 1.37 bits per heavy atom. The number of aromatic amines is 1. The Hall–Kier alpha value is -0.890. The molecule has 0 aliphatic rings. The van der Waals surface area contributed by atoms with Crippen molar-refractivity contribution in [2.75, 3.05) is 26.8 Å². The predicted octanol–water partition coefficient (Wildman–Crippen LogP) is 0.829. The number of aromatic nitrogens is 1. The van der Waals surface area contributed by atoms with E-state index in [0.29, 0.717) is 26.1 Å². The summed E-state index contributed by atoms with van der Waals surface area (Å²) in [5.41, 5.74) is 0.866. The van der Waals surface area contributed by atoms with E-state index in [4.69, 9.17) is 4.74 Å². The number of hydrogen-bond acceptors (Lipinski definition) is 4. The molecule has 0 aliphatic heterocycles. The lowest BCUT2D eigenvalue weighted by Gasteiger charge is -2.04. The first-order valence-corrected chi connectivity index (χ1v) is 7.95. The van der Waals surface area contributed by atoms with Gasteiger partial charge in [0.25, 0.3) is 0 Å². The summed E-state index contributed by atoms with van der Waals surface area (Å²) in [5, 5.41) is 3.21. The molecule has 0 saturated carbocycles. The van der Waals surface area contributed by atoms with Crippen molar-refractivity contribution in [2.24, 2.45) is 0 Å². The van der Waals surface area contributed by atoms with Gasteiger partial charge in [0.2, 0.25) is 10.0 Å². The normalized spacial score (nSPS) is 11.9. The van der Waals surface area contributed by atoms with Gasteiger partial charge in [-0.15, -0.1) is 0 Å². The lowest BCUT2D eigenvalue weighted by molar-refractivity contribution is 0.196. The van der Waals surface area contributed by atoms with Crippen molar-refractivity contribution in [1.29, 1.82) is 0 Å². The zero-order chi connectivity index (χ0) is 14.1. The summed E-state index contributed by atoms with van der Waals surface area (Å²) in [6.07, 6.45) is 3.22. The van der Waals surface area contributed by atoms with Gasteiger partial charge in [-0.05, 0) is 25.5 Å². The molecule has 1 rings (SSSR count). The van der Waals surface area contributed by atoms with E-state index in [1.165, 1.54) is 6.20 Å². The highest BCUT2D eigenvalue weighted by molar-refractivity contribution is 7.89. The fourth-order valence-corrected chi connectivity index (χ4v) is 2.67. The van der Waals surface area contributed by atoms with Crippen LogP contribution >= 0.6 is 0 Å². The predicted molar refractivity (Wildman–Crippen MR) is 74.5 cm³/mol. The van der Waals surface area contributed by atoms with Crippen LogP contribution in [-0.2, 0) is 21.3 Å².